The number of halogens is 2. The molecule has 2 N–H and O–H groups in total. The number of amides is 1. The minimum atomic E-state index is -0.236. The van der Waals surface area contributed by atoms with E-state index in [1.54, 1.807) is 0 Å². The summed E-state index contributed by atoms with van der Waals surface area (Å²) in [5.41, 5.74) is 0.376. The highest BCUT2D eigenvalue weighted by Crippen LogP contribution is 2.30. The van der Waals surface area contributed by atoms with Crippen LogP contribution in [0.4, 0.5) is 0 Å². The Morgan fingerprint density at radius 2 is 2.00 bits per heavy atom. The van der Waals surface area contributed by atoms with Gasteiger partial charge >= 0.3 is 0 Å². The molecular formula is C13H18Cl2N2O2. The molecule has 0 aliphatic carbocycles. The van der Waals surface area contributed by atoms with Gasteiger partial charge in [0.1, 0.15) is 5.75 Å². The molecule has 106 valence electrons. The van der Waals surface area contributed by atoms with E-state index in [1.165, 1.54) is 19.2 Å². The van der Waals surface area contributed by atoms with Crippen LogP contribution in [0.25, 0.3) is 0 Å². The molecule has 1 rings (SSSR count). The van der Waals surface area contributed by atoms with E-state index in [9.17, 15) is 4.79 Å². The molecule has 0 saturated carbocycles. The number of hydrogen-bond donors (Lipinski definition) is 2. The predicted octanol–water partition coefficient (Wildman–Crippen LogP) is 2.73. The number of hydrogen-bond acceptors (Lipinski definition) is 3. The van der Waals surface area contributed by atoms with Gasteiger partial charge in [-0.05, 0) is 19.5 Å². The zero-order valence-electron chi connectivity index (χ0n) is 11.2. The number of likely N-dealkylation sites (N-methyl/N-ethyl adjacent to an activating group) is 1. The van der Waals surface area contributed by atoms with Gasteiger partial charge < -0.3 is 15.4 Å². The Labute approximate surface area is 123 Å². The van der Waals surface area contributed by atoms with Crippen molar-refractivity contribution in [2.45, 2.75) is 19.9 Å². The third-order valence-corrected chi connectivity index (χ3v) is 3.33. The van der Waals surface area contributed by atoms with Crippen LogP contribution in [0.2, 0.25) is 10.0 Å². The highest BCUT2D eigenvalue weighted by atomic mass is 35.5. The lowest BCUT2D eigenvalue weighted by Gasteiger charge is -2.15. The summed E-state index contributed by atoms with van der Waals surface area (Å²) in [6.45, 7) is 5.39. The third-order valence-electron chi connectivity index (χ3n) is 2.61. The maximum absolute atomic E-state index is 12.1. The molecule has 0 aromatic heterocycles. The maximum Gasteiger partial charge on any atom is 0.255 e. The number of rotatable bonds is 6. The summed E-state index contributed by atoms with van der Waals surface area (Å²) in [6.07, 6.45) is 0. The SMILES string of the molecule is CCN[C@H](C)CNC(=O)c1cc(Cl)c(Cl)cc1OC. The molecule has 0 aliphatic heterocycles. The summed E-state index contributed by atoms with van der Waals surface area (Å²) in [5.74, 6) is 0.170. The first-order valence-electron chi connectivity index (χ1n) is 6.04. The average Bonchev–Trinajstić information content (AvgIpc) is 2.39. The number of nitrogens with one attached hydrogen (secondary N) is 2. The molecule has 0 aliphatic rings. The van der Waals surface area contributed by atoms with Crippen molar-refractivity contribution in [2.24, 2.45) is 0 Å². The van der Waals surface area contributed by atoms with E-state index >= 15 is 0 Å². The normalized spacial score (nSPS) is 12.1. The molecule has 1 aromatic carbocycles. The van der Waals surface area contributed by atoms with Gasteiger partial charge in [0.15, 0.2) is 0 Å². The molecule has 0 spiro atoms. The number of carbonyl (C=O) groups excluding carboxylic acids is 1. The van der Waals surface area contributed by atoms with Gasteiger partial charge in [0.05, 0.1) is 22.7 Å². The Morgan fingerprint density at radius 1 is 1.37 bits per heavy atom. The number of benzene rings is 1. The number of methoxy groups -OCH3 is 1. The zero-order chi connectivity index (χ0) is 14.4. The zero-order valence-corrected chi connectivity index (χ0v) is 12.7. The van der Waals surface area contributed by atoms with Gasteiger partial charge in [-0.25, -0.2) is 0 Å². The highest BCUT2D eigenvalue weighted by molar-refractivity contribution is 6.42. The molecule has 0 bridgehead atoms. The molecule has 0 heterocycles. The Hall–Kier alpha value is -0.970. The van der Waals surface area contributed by atoms with Gasteiger partial charge in [-0.3, -0.25) is 4.79 Å². The van der Waals surface area contributed by atoms with E-state index in [0.29, 0.717) is 27.9 Å². The van der Waals surface area contributed by atoms with E-state index in [0.717, 1.165) is 6.54 Å². The molecule has 0 fully saturated rings. The predicted molar refractivity (Wildman–Crippen MR) is 78.5 cm³/mol. The summed E-state index contributed by atoms with van der Waals surface area (Å²) in [5, 5.41) is 6.71. The first-order chi connectivity index (χ1) is 8.99. The van der Waals surface area contributed by atoms with Crippen LogP contribution in [-0.2, 0) is 0 Å². The average molecular weight is 305 g/mol. The summed E-state index contributed by atoms with van der Waals surface area (Å²) in [6, 6.07) is 3.24. The smallest absolute Gasteiger partial charge is 0.255 e. The lowest BCUT2D eigenvalue weighted by Crippen LogP contribution is -2.38. The Bertz CT molecular complexity index is 453. The van der Waals surface area contributed by atoms with Gasteiger partial charge in [0.25, 0.3) is 5.91 Å². The third kappa shape index (κ3) is 4.56. The second kappa shape index (κ2) is 7.58. The molecule has 0 radical (unpaired) electrons. The number of carbonyl (C=O) groups is 1. The molecule has 6 heteroatoms. The van der Waals surface area contributed by atoms with Crippen LogP contribution in [0.3, 0.4) is 0 Å². The number of ether oxygens (including phenoxy) is 1. The minimum Gasteiger partial charge on any atom is -0.496 e. The fourth-order valence-corrected chi connectivity index (χ4v) is 1.95. The molecule has 4 nitrogen and oxygen atoms in total. The first kappa shape index (κ1) is 16.1. The fraction of sp³-hybridized carbons (Fsp3) is 0.462. The van der Waals surface area contributed by atoms with E-state index in [-0.39, 0.29) is 11.9 Å². The van der Waals surface area contributed by atoms with E-state index in [4.69, 9.17) is 27.9 Å². The van der Waals surface area contributed by atoms with Crippen molar-refractivity contribution in [1.29, 1.82) is 0 Å². The van der Waals surface area contributed by atoms with Gasteiger partial charge in [0.2, 0.25) is 0 Å². The largest absolute Gasteiger partial charge is 0.496 e. The standard InChI is InChI=1S/C13H18Cl2N2O2/c1-4-16-8(2)7-17-13(18)9-5-10(14)11(15)6-12(9)19-3/h5-6,8,16H,4,7H2,1-3H3,(H,17,18)/t8-/m1/s1. The lowest BCUT2D eigenvalue weighted by atomic mass is 10.2. The van der Waals surface area contributed by atoms with Crippen LogP contribution in [0, 0.1) is 0 Å². The highest BCUT2D eigenvalue weighted by Gasteiger charge is 2.15. The summed E-state index contributed by atoms with van der Waals surface area (Å²) < 4.78 is 5.14. The van der Waals surface area contributed by atoms with Crippen molar-refractivity contribution < 1.29 is 9.53 Å². The summed E-state index contributed by atoms with van der Waals surface area (Å²) in [4.78, 5) is 12.1. The molecule has 0 unspecified atom stereocenters. The van der Waals surface area contributed by atoms with Crippen molar-refractivity contribution in [3.05, 3.63) is 27.7 Å². The molecule has 0 saturated heterocycles. The van der Waals surface area contributed by atoms with Crippen molar-refractivity contribution in [3.63, 3.8) is 0 Å². The van der Waals surface area contributed by atoms with Crippen LogP contribution in [0.5, 0.6) is 5.75 Å². The minimum absolute atomic E-state index is 0.197. The Morgan fingerprint density at radius 3 is 2.58 bits per heavy atom. The monoisotopic (exact) mass is 304 g/mol. The summed E-state index contributed by atoms with van der Waals surface area (Å²) >= 11 is 11.8. The quantitative estimate of drug-likeness (QED) is 0.849. The van der Waals surface area contributed by atoms with Crippen LogP contribution < -0.4 is 15.4 Å². The van der Waals surface area contributed by atoms with Crippen LogP contribution >= 0.6 is 23.2 Å². The van der Waals surface area contributed by atoms with Crippen molar-refractivity contribution in [2.75, 3.05) is 20.2 Å². The van der Waals surface area contributed by atoms with Crippen molar-refractivity contribution >= 4 is 29.1 Å². The van der Waals surface area contributed by atoms with Crippen molar-refractivity contribution in [3.8, 4) is 5.75 Å². The van der Waals surface area contributed by atoms with Crippen LogP contribution in [0.1, 0.15) is 24.2 Å². The molecule has 19 heavy (non-hydrogen) atoms. The van der Waals surface area contributed by atoms with Gasteiger partial charge in [0, 0.05) is 18.7 Å². The molecule has 1 amide bonds. The van der Waals surface area contributed by atoms with Crippen LogP contribution in [-0.4, -0.2) is 32.1 Å². The van der Waals surface area contributed by atoms with Gasteiger partial charge in [-0.15, -0.1) is 0 Å². The Kier molecular flexibility index (Phi) is 6.42. The molecule has 1 aromatic rings. The van der Waals surface area contributed by atoms with Gasteiger partial charge in [-0.1, -0.05) is 30.1 Å². The first-order valence-corrected chi connectivity index (χ1v) is 6.79. The van der Waals surface area contributed by atoms with Crippen molar-refractivity contribution in [1.82, 2.24) is 10.6 Å². The summed E-state index contributed by atoms with van der Waals surface area (Å²) in [7, 11) is 1.48. The van der Waals surface area contributed by atoms with Crippen LogP contribution in [0.15, 0.2) is 12.1 Å². The molecular weight excluding hydrogens is 287 g/mol. The van der Waals surface area contributed by atoms with E-state index < -0.39 is 0 Å². The maximum atomic E-state index is 12.1. The van der Waals surface area contributed by atoms with E-state index in [1.807, 2.05) is 13.8 Å². The fourth-order valence-electron chi connectivity index (χ4n) is 1.64. The van der Waals surface area contributed by atoms with Gasteiger partial charge in [-0.2, -0.15) is 0 Å². The lowest BCUT2D eigenvalue weighted by molar-refractivity contribution is 0.0947. The van der Waals surface area contributed by atoms with E-state index in [2.05, 4.69) is 10.6 Å². The second-order valence-corrected chi connectivity index (χ2v) is 4.95. The topological polar surface area (TPSA) is 50.4 Å². The second-order valence-electron chi connectivity index (χ2n) is 4.14. The molecule has 1 atom stereocenters. The Balaban J connectivity index is 2.79.